The molecule has 4 rings (SSSR count). The third-order valence-electron chi connectivity index (χ3n) is 6.47. The Morgan fingerprint density at radius 1 is 1.00 bits per heavy atom. The van der Waals surface area contributed by atoms with E-state index in [9.17, 15) is 18.0 Å². The molecule has 8 heteroatoms. The van der Waals surface area contributed by atoms with E-state index in [1.165, 1.54) is 4.31 Å². The second-order valence-electron chi connectivity index (χ2n) is 9.66. The van der Waals surface area contributed by atoms with Gasteiger partial charge in [0.05, 0.1) is 10.6 Å². The molecule has 0 fully saturated rings. The second-order valence-corrected chi connectivity index (χ2v) is 11.5. The van der Waals surface area contributed by atoms with E-state index in [0.29, 0.717) is 23.5 Å². The van der Waals surface area contributed by atoms with Gasteiger partial charge in [0, 0.05) is 30.9 Å². The molecule has 2 amide bonds. The van der Waals surface area contributed by atoms with E-state index in [1.54, 1.807) is 30.0 Å². The van der Waals surface area contributed by atoms with Crippen molar-refractivity contribution in [2.75, 3.05) is 10.8 Å². The standard InChI is InChI=1S/C28H33N3O4S/c1-19(2)29-28(33)21(4)30(18-22-10-5-9-20(3)17-22)26(32)15-8-16-31-24-13-6-11-23-12-7-14-25(27(23)24)36(31,34)35/h5-7,9-14,17,19,21H,8,15-16,18H2,1-4H3,(H,29,33)/t21-/m0/s1. The van der Waals surface area contributed by atoms with Crippen LogP contribution in [0.4, 0.5) is 5.69 Å². The van der Waals surface area contributed by atoms with Crippen molar-refractivity contribution in [3.05, 3.63) is 71.8 Å². The number of rotatable bonds is 9. The van der Waals surface area contributed by atoms with Crippen molar-refractivity contribution in [1.29, 1.82) is 0 Å². The lowest BCUT2D eigenvalue weighted by atomic mass is 10.1. The van der Waals surface area contributed by atoms with Crippen LogP contribution in [0.2, 0.25) is 0 Å². The predicted octanol–water partition coefficient (Wildman–Crippen LogP) is 4.38. The van der Waals surface area contributed by atoms with Crippen LogP contribution < -0.4 is 9.62 Å². The Hall–Kier alpha value is -3.39. The first-order valence-electron chi connectivity index (χ1n) is 12.3. The maximum atomic E-state index is 13.4. The highest BCUT2D eigenvalue weighted by atomic mass is 32.2. The molecule has 0 saturated heterocycles. The van der Waals surface area contributed by atoms with Crippen LogP contribution in [0.25, 0.3) is 10.8 Å². The van der Waals surface area contributed by atoms with Crippen LogP contribution in [0.5, 0.6) is 0 Å². The summed E-state index contributed by atoms with van der Waals surface area (Å²) in [5, 5.41) is 4.49. The molecule has 190 valence electrons. The van der Waals surface area contributed by atoms with Gasteiger partial charge in [-0.25, -0.2) is 8.42 Å². The summed E-state index contributed by atoms with van der Waals surface area (Å²) in [4.78, 5) is 28.0. The van der Waals surface area contributed by atoms with E-state index in [0.717, 1.165) is 21.9 Å². The van der Waals surface area contributed by atoms with Gasteiger partial charge in [0.2, 0.25) is 11.8 Å². The molecule has 7 nitrogen and oxygen atoms in total. The van der Waals surface area contributed by atoms with E-state index >= 15 is 0 Å². The van der Waals surface area contributed by atoms with Gasteiger partial charge in [-0.05, 0) is 57.2 Å². The smallest absolute Gasteiger partial charge is 0.265 e. The van der Waals surface area contributed by atoms with Gasteiger partial charge in [0.25, 0.3) is 10.0 Å². The van der Waals surface area contributed by atoms with Crippen LogP contribution in [0.15, 0.2) is 65.6 Å². The molecule has 0 unspecified atom stereocenters. The summed E-state index contributed by atoms with van der Waals surface area (Å²) in [6, 6.07) is 18.0. The molecule has 1 N–H and O–H groups in total. The van der Waals surface area contributed by atoms with Crippen molar-refractivity contribution in [1.82, 2.24) is 10.2 Å². The molecule has 36 heavy (non-hydrogen) atoms. The molecule has 0 aliphatic carbocycles. The fourth-order valence-electron chi connectivity index (χ4n) is 4.71. The van der Waals surface area contributed by atoms with Crippen molar-refractivity contribution < 1.29 is 18.0 Å². The monoisotopic (exact) mass is 507 g/mol. The van der Waals surface area contributed by atoms with Crippen LogP contribution in [0.1, 0.15) is 44.7 Å². The number of amides is 2. The van der Waals surface area contributed by atoms with Crippen molar-refractivity contribution in [2.24, 2.45) is 0 Å². The van der Waals surface area contributed by atoms with E-state index in [1.807, 2.05) is 63.2 Å². The van der Waals surface area contributed by atoms with Gasteiger partial charge in [-0.1, -0.05) is 54.1 Å². The minimum Gasteiger partial charge on any atom is -0.352 e. The fraction of sp³-hybridized carbons (Fsp3) is 0.357. The van der Waals surface area contributed by atoms with Gasteiger partial charge in [-0.3, -0.25) is 13.9 Å². The Bertz CT molecular complexity index is 1400. The molecule has 0 aromatic heterocycles. The van der Waals surface area contributed by atoms with Gasteiger partial charge in [0.1, 0.15) is 6.04 Å². The summed E-state index contributed by atoms with van der Waals surface area (Å²) in [5.41, 5.74) is 2.67. The first-order valence-corrected chi connectivity index (χ1v) is 13.7. The molecule has 1 aliphatic heterocycles. The summed E-state index contributed by atoms with van der Waals surface area (Å²) in [5.74, 6) is -0.398. The zero-order valence-corrected chi connectivity index (χ0v) is 22.0. The number of carbonyl (C=O) groups excluding carboxylic acids is 2. The first-order chi connectivity index (χ1) is 17.1. The summed E-state index contributed by atoms with van der Waals surface area (Å²) in [6.07, 6.45) is 0.467. The SMILES string of the molecule is Cc1cccc(CN(C(=O)CCCN2c3cccc4cccc(c34)S2(=O)=O)[C@@H](C)C(=O)NC(C)C)c1. The van der Waals surface area contributed by atoms with Crippen LogP contribution in [-0.4, -0.2) is 43.8 Å². The summed E-state index contributed by atoms with van der Waals surface area (Å²) < 4.78 is 27.9. The predicted molar refractivity (Wildman–Crippen MR) is 142 cm³/mol. The Labute approximate surface area is 213 Å². The molecule has 0 radical (unpaired) electrons. The zero-order chi connectivity index (χ0) is 26.0. The summed E-state index contributed by atoms with van der Waals surface area (Å²) in [7, 11) is -3.67. The van der Waals surface area contributed by atoms with Crippen molar-refractivity contribution >= 4 is 38.3 Å². The van der Waals surface area contributed by atoms with Crippen LogP contribution in [-0.2, 0) is 26.2 Å². The first kappa shape index (κ1) is 25.7. The maximum Gasteiger partial charge on any atom is 0.265 e. The number of carbonyl (C=O) groups is 2. The van der Waals surface area contributed by atoms with Crippen LogP contribution in [0.3, 0.4) is 0 Å². The molecule has 3 aromatic rings. The molecule has 3 aromatic carbocycles. The minimum atomic E-state index is -3.67. The number of nitrogens with zero attached hydrogens (tertiary/aromatic N) is 2. The molecule has 1 heterocycles. The molecule has 0 saturated carbocycles. The molecule has 0 bridgehead atoms. The van der Waals surface area contributed by atoms with Gasteiger partial charge in [-0.2, -0.15) is 0 Å². The maximum absolute atomic E-state index is 13.4. The average Bonchev–Trinajstić information content (AvgIpc) is 3.05. The summed E-state index contributed by atoms with van der Waals surface area (Å²) >= 11 is 0. The molecular weight excluding hydrogens is 474 g/mol. The van der Waals surface area contributed by atoms with Gasteiger partial charge in [0.15, 0.2) is 0 Å². The Morgan fingerprint density at radius 3 is 2.39 bits per heavy atom. The topological polar surface area (TPSA) is 86.8 Å². The molecular formula is C28H33N3O4S. The van der Waals surface area contributed by atoms with Crippen molar-refractivity contribution in [3.63, 3.8) is 0 Å². The van der Waals surface area contributed by atoms with Gasteiger partial charge < -0.3 is 10.2 Å². The van der Waals surface area contributed by atoms with Crippen LogP contribution >= 0.6 is 0 Å². The lowest BCUT2D eigenvalue weighted by Crippen LogP contribution is -2.49. The fourth-order valence-corrected chi connectivity index (χ4v) is 6.46. The summed E-state index contributed by atoms with van der Waals surface area (Å²) in [6.45, 7) is 7.97. The number of nitrogens with one attached hydrogen (secondary N) is 1. The normalized spacial score (nSPS) is 14.8. The largest absolute Gasteiger partial charge is 0.352 e. The third-order valence-corrected chi connectivity index (χ3v) is 8.32. The number of anilines is 1. The van der Waals surface area contributed by atoms with E-state index < -0.39 is 16.1 Å². The lowest BCUT2D eigenvalue weighted by molar-refractivity contribution is -0.140. The average molecular weight is 508 g/mol. The van der Waals surface area contributed by atoms with E-state index in [-0.39, 0.29) is 30.8 Å². The minimum absolute atomic E-state index is 0.0411. The second kappa shape index (κ2) is 10.3. The van der Waals surface area contributed by atoms with Crippen molar-refractivity contribution in [2.45, 2.75) is 64.1 Å². The third kappa shape index (κ3) is 5.09. The Balaban J connectivity index is 1.50. The van der Waals surface area contributed by atoms with Gasteiger partial charge >= 0.3 is 0 Å². The van der Waals surface area contributed by atoms with E-state index in [4.69, 9.17) is 0 Å². The quantitative estimate of drug-likeness (QED) is 0.466. The number of aryl methyl sites for hydroxylation is 1. The van der Waals surface area contributed by atoms with Gasteiger partial charge in [-0.15, -0.1) is 0 Å². The highest BCUT2D eigenvalue weighted by Gasteiger charge is 2.35. The Kier molecular flexibility index (Phi) is 7.36. The van der Waals surface area contributed by atoms with Crippen LogP contribution in [0, 0.1) is 6.92 Å². The molecule has 0 spiro atoms. The Morgan fingerprint density at radius 2 is 1.69 bits per heavy atom. The highest BCUT2D eigenvalue weighted by Crippen LogP contribution is 2.42. The van der Waals surface area contributed by atoms with Crippen molar-refractivity contribution in [3.8, 4) is 0 Å². The van der Waals surface area contributed by atoms with E-state index in [2.05, 4.69) is 5.32 Å². The number of hydrogen-bond donors (Lipinski definition) is 1. The highest BCUT2D eigenvalue weighted by molar-refractivity contribution is 7.93. The molecule has 1 atom stereocenters. The zero-order valence-electron chi connectivity index (χ0n) is 21.2. The number of benzene rings is 3. The number of sulfonamides is 1. The lowest BCUT2D eigenvalue weighted by Gasteiger charge is -2.30. The molecule has 1 aliphatic rings. The number of hydrogen-bond acceptors (Lipinski definition) is 4.